The van der Waals surface area contributed by atoms with Crippen molar-refractivity contribution in [3.8, 4) is 5.75 Å². The molecule has 0 aliphatic carbocycles. The molecule has 0 saturated carbocycles. The molecule has 28 heavy (non-hydrogen) atoms. The first-order valence-electron chi connectivity index (χ1n) is 8.43. The van der Waals surface area contributed by atoms with Crippen LogP contribution in [0.1, 0.15) is 27.2 Å². The maximum atomic E-state index is 13.0. The van der Waals surface area contributed by atoms with E-state index in [9.17, 15) is 19.5 Å². The molecule has 0 unspecified atom stereocenters. The number of H-pyrrole nitrogens is 1. The number of carbonyl (C=O) groups is 2. The number of fused-ring (bicyclic) bond motifs is 2. The summed E-state index contributed by atoms with van der Waals surface area (Å²) in [6.07, 6.45) is 1.57. The quantitative estimate of drug-likeness (QED) is 0.495. The highest BCUT2D eigenvalue weighted by atomic mass is 16.5. The number of carboxylic acid groups (broad SMARTS) is 1. The Hall–Kier alpha value is -3.66. The first kappa shape index (κ1) is 17.7. The van der Waals surface area contributed by atoms with E-state index < -0.39 is 35.3 Å². The number of carbonyl (C=O) groups excluding carboxylic acids is 1. The first-order chi connectivity index (χ1) is 13.5. The highest BCUT2D eigenvalue weighted by Crippen LogP contribution is 2.30. The Bertz CT molecular complexity index is 1160. The van der Waals surface area contributed by atoms with Crippen LogP contribution in [-0.2, 0) is 29.3 Å². The van der Waals surface area contributed by atoms with Crippen molar-refractivity contribution < 1.29 is 24.5 Å². The van der Waals surface area contributed by atoms with Gasteiger partial charge in [-0.15, -0.1) is 0 Å². The number of carboxylic acids is 1. The van der Waals surface area contributed by atoms with E-state index in [2.05, 4.69) is 15.3 Å². The van der Waals surface area contributed by atoms with Crippen molar-refractivity contribution in [1.29, 1.82) is 0 Å². The van der Waals surface area contributed by atoms with Crippen molar-refractivity contribution in [2.24, 2.45) is 0 Å². The number of aromatic amines is 1. The number of nitrogens with one attached hydrogen (secondary N) is 2. The lowest BCUT2D eigenvalue weighted by Crippen LogP contribution is -2.37. The highest BCUT2D eigenvalue weighted by Gasteiger charge is 2.29. The molecule has 4 rings (SSSR count). The second kappa shape index (κ2) is 6.82. The van der Waals surface area contributed by atoms with Gasteiger partial charge < -0.3 is 29.8 Å². The van der Waals surface area contributed by atoms with Crippen LogP contribution in [0.25, 0.3) is 11.0 Å². The van der Waals surface area contributed by atoms with Gasteiger partial charge in [-0.2, -0.15) is 0 Å². The number of hydrogen-bond acceptors (Lipinski definition) is 6. The summed E-state index contributed by atoms with van der Waals surface area (Å²) >= 11 is 0. The van der Waals surface area contributed by atoms with E-state index in [-0.39, 0.29) is 19.8 Å². The Kier molecular flexibility index (Phi) is 4.32. The molecule has 144 valence electrons. The predicted molar refractivity (Wildman–Crippen MR) is 96.0 cm³/mol. The van der Waals surface area contributed by atoms with Crippen LogP contribution in [0.15, 0.2) is 29.3 Å². The number of amides is 1. The fourth-order valence-electron chi connectivity index (χ4n) is 3.26. The van der Waals surface area contributed by atoms with Crippen molar-refractivity contribution in [3.63, 3.8) is 0 Å². The van der Waals surface area contributed by atoms with Gasteiger partial charge in [0.1, 0.15) is 17.9 Å². The Morgan fingerprint density at radius 2 is 2.14 bits per heavy atom. The molecule has 0 saturated heterocycles. The van der Waals surface area contributed by atoms with Crippen LogP contribution in [0.3, 0.4) is 0 Å². The van der Waals surface area contributed by atoms with Gasteiger partial charge in [0, 0.05) is 5.56 Å². The van der Waals surface area contributed by atoms with Crippen molar-refractivity contribution in [2.45, 2.75) is 19.8 Å². The number of ether oxygens (including phenoxy) is 1. The van der Waals surface area contributed by atoms with Gasteiger partial charge in [0.15, 0.2) is 0 Å². The van der Waals surface area contributed by atoms with Crippen LogP contribution < -0.4 is 10.9 Å². The number of rotatable bonds is 5. The van der Waals surface area contributed by atoms with Crippen molar-refractivity contribution >= 4 is 22.9 Å². The van der Waals surface area contributed by atoms with Gasteiger partial charge >= 0.3 is 5.97 Å². The number of benzene rings is 1. The van der Waals surface area contributed by atoms with Gasteiger partial charge in [-0.3, -0.25) is 14.4 Å². The Labute approximate surface area is 157 Å². The predicted octanol–water partition coefficient (Wildman–Crippen LogP) is 0.323. The number of nitrogens with zero attached hydrogens (tertiary/aromatic N) is 2. The van der Waals surface area contributed by atoms with Gasteiger partial charge in [-0.05, 0) is 17.7 Å². The molecular formula is C18H16N4O6. The Morgan fingerprint density at radius 1 is 1.32 bits per heavy atom. The fraction of sp³-hybridized carbons (Fsp3) is 0.222. The van der Waals surface area contributed by atoms with E-state index in [4.69, 9.17) is 9.84 Å². The lowest BCUT2D eigenvalue weighted by atomic mass is 10.1. The van der Waals surface area contributed by atoms with Crippen molar-refractivity contribution in [3.05, 3.63) is 57.3 Å². The molecule has 4 N–H and O–H groups in total. The summed E-state index contributed by atoms with van der Waals surface area (Å²) in [5.41, 5.74) is 2.00. The second-order valence-electron chi connectivity index (χ2n) is 6.36. The minimum Gasteiger partial charge on any atom is -0.506 e. The molecule has 0 bridgehead atoms. The minimum atomic E-state index is -1.26. The number of aliphatic carboxylic acids is 1. The molecule has 10 heteroatoms. The maximum Gasteiger partial charge on any atom is 0.322 e. The average Bonchev–Trinajstić information content (AvgIpc) is 3.32. The summed E-state index contributed by atoms with van der Waals surface area (Å²) in [7, 11) is 0. The molecule has 1 aliphatic heterocycles. The van der Waals surface area contributed by atoms with Crippen LogP contribution in [-0.4, -0.2) is 43.2 Å². The van der Waals surface area contributed by atoms with Crippen molar-refractivity contribution in [2.75, 3.05) is 6.54 Å². The topological polar surface area (TPSA) is 147 Å². The Morgan fingerprint density at radius 3 is 2.93 bits per heavy atom. The molecule has 1 aliphatic rings. The highest BCUT2D eigenvalue weighted by molar-refractivity contribution is 5.98. The van der Waals surface area contributed by atoms with Crippen molar-refractivity contribution in [1.82, 2.24) is 19.9 Å². The number of aromatic hydroxyl groups is 1. The number of pyridine rings is 1. The van der Waals surface area contributed by atoms with E-state index in [0.717, 1.165) is 16.6 Å². The molecule has 1 aromatic carbocycles. The maximum absolute atomic E-state index is 13.0. The summed E-state index contributed by atoms with van der Waals surface area (Å²) in [5, 5.41) is 21.3. The summed E-state index contributed by atoms with van der Waals surface area (Å²) in [4.78, 5) is 43.1. The second-order valence-corrected chi connectivity index (χ2v) is 6.36. The van der Waals surface area contributed by atoms with E-state index >= 15 is 0 Å². The fourth-order valence-corrected chi connectivity index (χ4v) is 3.26. The number of imidazole rings is 1. The van der Waals surface area contributed by atoms with Gasteiger partial charge in [0.05, 0.1) is 42.8 Å². The SMILES string of the molecule is O=C(O)CNC(=O)c1c(O)c2c(n(Cc3ccc4nc[nH]c4c3)c1=O)COC2. The monoisotopic (exact) mass is 384 g/mol. The average molecular weight is 384 g/mol. The molecular weight excluding hydrogens is 368 g/mol. The molecule has 1 amide bonds. The largest absolute Gasteiger partial charge is 0.506 e. The van der Waals surface area contributed by atoms with E-state index in [1.165, 1.54) is 4.57 Å². The minimum absolute atomic E-state index is 0.0558. The zero-order valence-corrected chi connectivity index (χ0v) is 14.6. The molecule has 0 fully saturated rings. The third-order valence-electron chi connectivity index (χ3n) is 4.59. The molecule has 3 heterocycles. The molecule has 2 aromatic heterocycles. The molecule has 0 spiro atoms. The lowest BCUT2D eigenvalue weighted by Gasteiger charge is -2.15. The summed E-state index contributed by atoms with van der Waals surface area (Å²) in [6.45, 7) is -0.331. The molecule has 0 radical (unpaired) electrons. The third-order valence-corrected chi connectivity index (χ3v) is 4.59. The lowest BCUT2D eigenvalue weighted by molar-refractivity contribution is -0.135. The summed E-state index contributed by atoms with van der Waals surface area (Å²) in [6, 6.07) is 5.46. The first-order valence-corrected chi connectivity index (χ1v) is 8.43. The van der Waals surface area contributed by atoms with Crippen LogP contribution in [0, 0.1) is 0 Å². The summed E-state index contributed by atoms with van der Waals surface area (Å²) < 4.78 is 6.73. The normalized spacial score (nSPS) is 12.9. The summed E-state index contributed by atoms with van der Waals surface area (Å²) in [5.74, 6) is -2.68. The molecule has 10 nitrogen and oxygen atoms in total. The van der Waals surface area contributed by atoms with Gasteiger partial charge in [0.25, 0.3) is 11.5 Å². The van der Waals surface area contributed by atoms with Gasteiger partial charge in [0.2, 0.25) is 0 Å². The van der Waals surface area contributed by atoms with Gasteiger partial charge in [-0.25, -0.2) is 4.98 Å². The zero-order chi connectivity index (χ0) is 19.8. The molecule has 0 atom stereocenters. The number of hydrogen-bond donors (Lipinski definition) is 4. The van der Waals surface area contributed by atoms with E-state index in [1.54, 1.807) is 6.33 Å². The van der Waals surface area contributed by atoms with Crippen LogP contribution >= 0.6 is 0 Å². The van der Waals surface area contributed by atoms with Gasteiger partial charge in [-0.1, -0.05) is 6.07 Å². The van der Waals surface area contributed by atoms with E-state index in [0.29, 0.717) is 11.3 Å². The van der Waals surface area contributed by atoms with Crippen LogP contribution in [0.2, 0.25) is 0 Å². The standard InChI is InChI=1S/C18H16N4O6/c23-14(24)4-19-17(26)15-16(25)10-6-28-7-13(10)22(18(15)27)5-9-1-2-11-12(3-9)21-8-20-11/h1-3,8,25H,4-7H2,(H,19,26)(H,20,21)(H,23,24). The third kappa shape index (κ3) is 2.99. The van der Waals surface area contributed by atoms with Crippen LogP contribution in [0.5, 0.6) is 5.75 Å². The number of aromatic nitrogens is 3. The molecule has 3 aromatic rings. The van der Waals surface area contributed by atoms with E-state index in [1.807, 2.05) is 18.2 Å². The smallest absolute Gasteiger partial charge is 0.322 e. The van der Waals surface area contributed by atoms with Crippen LogP contribution in [0.4, 0.5) is 0 Å². The zero-order valence-electron chi connectivity index (χ0n) is 14.6. The Balaban J connectivity index is 1.79.